The Morgan fingerprint density at radius 1 is 1.32 bits per heavy atom. The van der Waals surface area contributed by atoms with E-state index in [2.05, 4.69) is 21.2 Å². The van der Waals surface area contributed by atoms with Crippen LogP contribution in [0, 0.1) is 0 Å². The number of nitrogens with one attached hydrogen (secondary N) is 1. The second-order valence-electron chi connectivity index (χ2n) is 4.75. The van der Waals surface area contributed by atoms with Crippen LogP contribution < -0.4 is 5.32 Å². The van der Waals surface area contributed by atoms with E-state index in [0.717, 1.165) is 35.2 Å². The number of fused-ring (bicyclic) bond motifs is 1. The predicted octanol–water partition coefficient (Wildman–Crippen LogP) is 2.78. The number of hydrogen-bond donors (Lipinski definition) is 1. The zero-order valence-corrected chi connectivity index (χ0v) is 12.1. The Labute approximate surface area is 120 Å². The minimum atomic E-state index is 0.134. The SMILES string of the molecule is O=C(Cc1ccccc1Br)n1ccc2c1CCNC2. The van der Waals surface area contributed by atoms with Crippen LogP contribution in [-0.2, 0) is 19.4 Å². The second kappa shape index (κ2) is 5.31. The fraction of sp³-hybridized carbons (Fsp3) is 0.267. The third-order valence-corrected chi connectivity index (χ3v) is 4.28. The van der Waals surface area contributed by atoms with Gasteiger partial charge >= 0.3 is 0 Å². The molecule has 1 aromatic heterocycles. The van der Waals surface area contributed by atoms with Crippen molar-refractivity contribution in [3.8, 4) is 0 Å². The minimum absolute atomic E-state index is 0.134. The Balaban J connectivity index is 1.85. The van der Waals surface area contributed by atoms with Crippen LogP contribution in [0.1, 0.15) is 21.6 Å². The van der Waals surface area contributed by atoms with E-state index in [4.69, 9.17) is 0 Å². The molecule has 0 saturated carbocycles. The van der Waals surface area contributed by atoms with E-state index in [1.54, 1.807) is 0 Å². The van der Waals surface area contributed by atoms with Crippen LogP contribution >= 0.6 is 15.9 Å². The maximum absolute atomic E-state index is 12.4. The molecular formula is C15H15BrN2O. The first-order valence-electron chi connectivity index (χ1n) is 6.42. The van der Waals surface area contributed by atoms with Gasteiger partial charge in [-0.25, -0.2) is 0 Å². The smallest absolute Gasteiger partial charge is 0.235 e. The van der Waals surface area contributed by atoms with Gasteiger partial charge in [-0.2, -0.15) is 0 Å². The molecule has 4 heteroatoms. The van der Waals surface area contributed by atoms with Gasteiger partial charge in [0.2, 0.25) is 5.91 Å². The van der Waals surface area contributed by atoms with Gasteiger partial charge in [-0.1, -0.05) is 34.1 Å². The number of aromatic nitrogens is 1. The first-order chi connectivity index (χ1) is 9.25. The maximum atomic E-state index is 12.4. The largest absolute Gasteiger partial charge is 0.312 e. The number of halogens is 1. The summed E-state index contributed by atoms with van der Waals surface area (Å²) in [6.07, 6.45) is 3.25. The lowest BCUT2D eigenvalue weighted by atomic mass is 10.1. The highest BCUT2D eigenvalue weighted by atomic mass is 79.9. The second-order valence-corrected chi connectivity index (χ2v) is 5.60. The molecule has 2 aromatic rings. The molecule has 19 heavy (non-hydrogen) atoms. The molecule has 0 fully saturated rings. The van der Waals surface area contributed by atoms with Gasteiger partial charge in [-0.05, 0) is 23.3 Å². The number of carbonyl (C=O) groups is 1. The zero-order valence-electron chi connectivity index (χ0n) is 10.5. The minimum Gasteiger partial charge on any atom is -0.312 e. The Morgan fingerprint density at radius 3 is 3.00 bits per heavy atom. The van der Waals surface area contributed by atoms with Crippen molar-refractivity contribution < 1.29 is 4.79 Å². The third kappa shape index (κ3) is 2.51. The first-order valence-corrected chi connectivity index (χ1v) is 7.21. The van der Waals surface area contributed by atoms with Crippen molar-refractivity contribution in [3.63, 3.8) is 0 Å². The molecule has 0 aliphatic carbocycles. The molecule has 0 spiro atoms. The molecule has 3 rings (SSSR count). The Morgan fingerprint density at radius 2 is 2.16 bits per heavy atom. The molecule has 1 N–H and O–H groups in total. The van der Waals surface area contributed by atoms with Gasteiger partial charge in [0.25, 0.3) is 0 Å². The highest BCUT2D eigenvalue weighted by Gasteiger charge is 2.17. The number of benzene rings is 1. The Kier molecular flexibility index (Phi) is 3.53. The highest BCUT2D eigenvalue weighted by molar-refractivity contribution is 9.10. The summed E-state index contributed by atoms with van der Waals surface area (Å²) in [7, 11) is 0. The van der Waals surface area contributed by atoms with Crippen molar-refractivity contribution in [1.82, 2.24) is 9.88 Å². The van der Waals surface area contributed by atoms with Gasteiger partial charge in [0.15, 0.2) is 0 Å². The monoisotopic (exact) mass is 318 g/mol. The molecule has 0 bridgehead atoms. The van der Waals surface area contributed by atoms with Gasteiger partial charge in [0.05, 0.1) is 6.42 Å². The molecular weight excluding hydrogens is 304 g/mol. The maximum Gasteiger partial charge on any atom is 0.235 e. The fourth-order valence-corrected chi connectivity index (χ4v) is 2.93. The van der Waals surface area contributed by atoms with Crippen LogP contribution in [0.4, 0.5) is 0 Å². The van der Waals surface area contributed by atoms with Gasteiger partial charge in [0, 0.05) is 35.9 Å². The van der Waals surface area contributed by atoms with Crippen molar-refractivity contribution in [2.75, 3.05) is 6.54 Å². The number of carbonyl (C=O) groups excluding carboxylic acids is 1. The fourth-order valence-electron chi connectivity index (χ4n) is 2.50. The molecule has 1 aromatic carbocycles. The average Bonchev–Trinajstić information content (AvgIpc) is 2.85. The van der Waals surface area contributed by atoms with Gasteiger partial charge < -0.3 is 5.32 Å². The zero-order chi connectivity index (χ0) is 13.2. The normalized spacial score (nSPS) is 14.2. The van der Waals surface area contributed by atoms with Gasteiger partial charge in [-0.15, -0.1) is 0 Å². The lowest BCUT2D eigenvalue weighted by molar-refractivity contribution is 0.0910. The molecule has 1 aliphatic rings. The van der Waals surface area contributed by atoms with E-state index in [0.29, 0.717) is 6.42 Å². The van der Waals surface area contributed by atoms with E-state index in [-0.39, 0.29) is 5.91 Å². The third-order valence-electron chi connectivity index (χ3n) is 3.51. The van der Waals surface area contributed by atoms with Gasteiger partial charge in [0.1, 0.15) is 0 Å². The van der Waals surface area contributed by atoms with Crippen molar-refractivity contribution in [1.29, 1.82) is 0 Å². The molecule has 1 aliphatic heterocycles. The lowest BCUT2D eigenvalue weighted by Crippen LogP contribution is -2.26. The molecule has 0 radical (unpaired) electrons. The van der Waals surface area contributed by atoms with Crippen LogP contribution in [0.2, 0.25) is 0 Å². The standard InChI is InChI=1S/C15H15BrN2O/c16-13-4-2-1-3-11(13)9-15(19)18-8-6-12-10-17-7-5-14(12)18/h1-4,6,8,17H,5,7,9-10H2. The van der Waals surface area contributed by atoms with Crippen molar-refractivity contribution in [3.05, 3.63) is 57.8 Å². The Bertz CT molecular complexity index is 618. The summed E-state index contributed by atoms with van der Waals surface area (Å²) in [6, 6.07) is 9.92. The van der Waals surface area contributed by atoms with Crippen LogP contribution in [0.5, 0.6) is 0 Å². The lowest BCUT2D eigenvalue weighted by Gasteiger charge is -2.16. The molecule has 0 amide bonds. The molecule has 98 valence electrons. The molecule has 0 atom stereocenters. The van der Waals surface area contributed by atoms with Crippen molar-refractivity contribution in [2.45, 2.75) is 19.4 Å². The molecule has 0 saturated heterocycles. The number of nitrogens with zero attached hydrogens (tertiary/aromatic N) is 1. The summed E-state index contributed by atoms with van der Waals surface area (Å²) in [4.78, 5) is 12.4. The summed E-state index contributed by atoms with van der Waals surface area (Å²) in [5, 5.41) is 3.32. The van der Waals surface area contributed by atoms with Crippen LogP contribution in [0.15, 0.2) is 41.0 Å². The summed E-state index contributed by atoms with van der Waals surface area (Å²) in [5.74, 6) is 0.134. The van der Waals surface area contributed by atoms with Crippen molar-refractivity contribution in [2.24, 2.45) is 0 Å². The van der Waals surface area contributed by atoms with E-state index in [1.165, 1.54) is 5.56 Å². The average molecular weight is 319 g/mol. The van der Waals surface area contributed by atoms with Gasteiger partial charge in [-0.3, -0.25) is 9.36 Å². The summed E-state index contributed by atoms with van der Waals surface area (Å²) < 4.78 is 2.81. The summed E-state index contributed by atoms with van der Waals surface area (Å²) in [5.41, 5.74) is 3.44. The van der Waals surface area contributed by atoms with E-state index < -0.39 is 0 Å². The highest BCUT2D eigenvalue weighted by Crippen LogP contribution is 2.19. The molecule has 3 nitrogen and oxygen atoms in total. The topological polar surface area (TPSA) is 34.0 Å². The predicted molar refractivity (Wildman–Crippen MR) is 78.3 cm³/mol. The van der Waals surface area contributed by atoms with E-state index in [1.807, 2.05) is 41.1 Å². The van der Waals surface area contributed by atoms with Crippen molar-refractivity contribution >= 4 is 21.8 Å². The van der Waals surface area contributed by atoms with Crippen LogP contribution in [-0.4, -0.2) is 17.0 Å². The summed E-state index contributed by atoms with van der Waals surface area (Å²) in [6.45, 7) is 1.81. The quantitative estimate of drug-likeness (QED) is 0.923. The summed E-state index contributed by atoms with van der Waals surface area (Å²) >= 11 is 3.49. The Hall–Kier alpha value is -1.39. The molecule has 0 unspecified atom stereocenters. The van der Waals surface area contributed by atoms with Crippen LogP contribution in [0.25, 0.3) is 0 Å². The molecule has 2 heterocycles. The van der Waals surface area contributed by atoms with E-state index in [9.17, 15) is 4.79 Å². The van der Waals surface area contributed by atoms with Crippen LogP contribution in [0.3, 0.4) is 0 Å². The number of rotatable bonds is 2. The number of hydrogen-bond acceptors (Lipinski definition) is 2. The first kappa shape index (κ1) is 12.6. The van der Waals surface area contributed by atoms with E-state index >= 15 is 0 Å².